The molecule has 4 rings (SSSR count). The largest absolute Gasteiger partial charge is 0.391 e. The van der Waals surface area contributed by atoms with Gasteiger partial charge in [0.15, 0.2) is 0 Å². The molecule has 0 saturated carbocycles. The molecule has 2 heterocycles. The average Bonchev–Trinajstić information content (AvgIpc) is 3.22. The Bertz CT molecular complexity index is 956. The number of hydrogen-bond donors (Lipinski definition) is 2. The topological polar surface area (TPSA) is 69.2 Å². The third-order valence-corrected chi connectivity index (χ3v) is 4.56. The van der Waals surface area contributed by atoms with Crippen molar-refractivity contribution in [3.8, 4) is 0 Å². The summed E-state index contributed by atoms with van der Waals surface area (Å²) < 4.78 is 27.8. The van der Waals surface area contributed by atoms with Crippen molar-refractivity contribution in [2.45, 2.75) is 18.6 Å². The molecule has 7 heteroatoms. The van der Waals surface area contributed by atoms with Crippen LogP contribution in [-0.2, 0) is 0 Å². The maximum atomic E-state index is 14.2. The van der Waals surface area contributed by atoms with Crippen LogP contribution in [0.3, 0.4) is 0 Å². The highest BCUT2D eigenvalue weighted by molar-refractivity contribution is 6.05. The lowest BCUT2D eigenvalue weighted by Gasteiger charge is -2.25. The van der Waals surface area contributed by atoms with Gasteiger partial charge in [-0.25, -0.2) is 8.78 Å². The summed E-state index contributed by atoms with van der Waals surface area (Å²) in [5.41, 5.74) is 1.03. The van der Waals surface area contributed by atoms with Crippen LogP contribution in [0.1, 0.15) is 28.4 Å². The fraction of sp³-hybridized carbons (Fsp3) is 0.222. The van der Waals surface area contributed by atoms with E-state index in [9.17, 15) is 18.7 Å². The number of aromatic nitrogens is 2. The number of carbonyl (C=O) groups is 1. The van der Waals surface area contributed by atoms with Crippen LogP contribution in [0, 0.1) is 11.6 Å². The predicted octanol–water partition coefficient (Wildman–Crippen LogP) is 2.79. The molecule has 2 aromatic carbocycles. The molecule has 2 N–H and O–H groups in total. The number of fused-ring (bicyclic) bond motifs is 1. The van der Waals surface area contributed by atoms with Gasteiger partial charge in [0.1, 0.15) is 11.6 Å². The molecule has 0 spiro atoms. The Labute approximate surface area is 141 Å². The Hall–Kier alpha value is -2.80. The van der Waals surface area contributed by atoms with Crippen LogP contribution >= 0.6 is 0 Å². The van der Waals surface area contributed by atoms with Crippen molar-refractivity contribution in [2.75, 3.05) is 6.54 Å². The van der Waals surface area contributed by atoms with Crippen molar-refractivity contribution >= 4 is 16.8 Å². The Kier molecular flexibility index (Phi) is 3.73. The van der Waals surface area contributed by atoms with Gasteiger partial charge in [-0.05, 0) is 30.7 Å². The zero-order valence-corrected chi connectivity index (χ0v) is 13.1. The standard InChI is InChI=1S/C18H15F2N3O2/c19-11-4-5-15(20)14(6-11)16-7-12(24)9-23(16)18(25)13-3-1-2-10-8-21-22-17(10)13/h1-6,8,12,16,24H,7,9H2,(H,21,22)/t12-,16-/m1/s1. The van der Waals surface area contributed by atoms with Crippen LogP contribution in [-0.4, -0.2) is 38.8 Å². The van der Waals surface area contributed by atoms with Crippen LogP contribution in [0.2, 0.25) is 0 Å². The average molecular weight is 343 g/mol. The molecule has 1 aromatic heterocycles. The highest BCUT2D eigenvalue weighted by Gasteiger charge is 2.37. The number of aromatic amines is 1. The van der Waals surface area contributed by atoms with E-state index in [1.807, 2.05) is 6.07 Å². The van der Waals surface area contributed by atoms with Gasteiger partial charge in [-0.1, -0.05) is 12.1 Å². The van der Waals surface area contributed by atoms with Gasteiger partial charge in [0.05, 0.1) is 29.4 Å². The summed E-state index contributed by atoms with van der Waals surface area (Å²) >= 11 is 0. The van der Waals surface area contributed by atoms with Crippen molar-refractivity contribution in [2.24, 2.45) is 0 Å². The minimum atomic E-state index is -0.794. The number of carbonyl (C=O) groups excluding carboxylic acids is 1. The quantitative estimate of drug-likeness (QED) is 0.752. The van der Waals surface area contributed by atoms with Gasteiger partial charge in [0.2, 0.25) is 0 Å². The number of nitrogens with zero attached hydrogens (tertiary/aromatic N) is 2. The fourth-order valence-corrected chi connectivity index (χ4v) is 3.40. The molecule has 1 saturated heterocycles. The Balaban J connectivity index is 1.76. The van der Waals surface area contributed by atoms with Crippen LogP contribution in [0.5, 0.6) is 0 Å². The minimum absolute atomic E-state index is 0.0595. The number of hydrogen-bond acceptors (Lipinski definition) is 3. The summed E-state index contributed by atoms with van der Waals surface area (Å²) in [6, 6.07) is 7.61. The number of halogens is 2. The molecule has 0 bridgehead atoms. The van der Waals surface area contributed by atoms with Crippen LogP contribution < -0.4 is 0 Å². The second-order valence-electron chi connectivity index (χ2n) is 6.17. The lowest BCUT2D eigenvalue weighted by atomic mass is 10.0. The maximum Gasteiger partial charge on any atom is 0.256 e. The van der Waals surface area contributed by atoms with Gasteiger partial charge in [-0.2, -0.15) is 5.10 Å². The first kappa shape index (κ1) is 15.7. The molecular weight excluding hydrogens is 328 g/mol. The molecule has 1 fully saturated rings. The van der Waals surface area contributed by atoms with Gasteiger partial charge >= 0.3 is 0 Å². The van der Waals surface area contributed by atoms with E-state index in [2.05, 4.69) is 10.2 Å². The van der Waals surface area contributed by atoms with E-state index in [0.717, 1.165) is 23.6 Å². The highest BCUT2D eigenvalue weighted by atomic mass is 19.1. The lowest BCUT2D eigenvalue weighted by molar-refractivity contribution is 0.0715. The van der Waals surface area contributed by atoms with Gasteiger partial charge in [0.25, 0.3) is 5.91 Å². The van der Waals surface area contributed by atoms with Crippen LogP contribution in [0.4, 0.5) is 8.78 Å². The van der Waals surface area contributed by atoms with E-state index in [-0.39, 0.29) is 24.4 Å². The van der Waals surface area contributed by atoms with Crippen LogP contribution in [0.25, 0.3) is 10.9 Å². The van der Waals surface area contributed by atoms with Gasteiger partial charge in [-0.3, -0.25) is 9.89 Å². The Morgan fingerprint density at radius 2 is 2.12 bits per heavy atom. The number of β-amino-alcohol motifs (C(OH)–C–C–N with tert-alkyl or cyclic N) is 1. The minimum Gasteiger partial charge on any atom is -0.391 e. The van der Waals surface area contributed by atoms with E-state index in [4.69, 9.17) is 0 Å². The van der Waals surface area contributed by atoms with E-state index >= 15 is 0 Å². The summed E-state index contributed by atoms with van der Waals surface area (Å²) in [7, 11) is 0. The molecule has 3 aromatic rings. The van der Waals surface area contributed by atoms with E-state index in [1.165, 1.54) is 4.90 Å². The van der Waals surface area contributed by atoms with Crippen molar-refractivity contribution < 1.29 is 18.7 Å². The molecule has 0 radical (unpaired) electrons. The van der Waals surface area contributed by atoms with Crippen LogP contribution in [0.15, 0.2) is 42.6 Å². The van der Waals surface area contributed by atoms with Gasteiger partial charge in [-0.15, -0.1) is 0 Å². The van der Waals surface area contributed by atoms with Gasteiger partial charge < -0.3 is 10.0 Å². The molecule has 1 aliphatic rings. The number of aliphatic hydroxyl groups is 1. The van der Waals surface area contributed by atoms with E-state index < -0.39 is 23.8 Å². The normalized spacial score (nSPS) is 20.4. The summed E-state index contributed by atoms with van der Waals surface area (Å²) in [5, 5.41) is 17.5. The van der Waals surface area contributed by atoms with Crippen molar-refractivity contribution in [1.29, 1.82) is 0 Å². The first-order chi connectivity index (χ1) is 12.0. The zero-order chi connectivity index (χ0) is 17.6. The summed E-state index contributed by atoms with van der Waals surface area (Å²) in [5.74, 6) is -1.54. The monoisotopic (exact) mass is 343 g/mol. The zero-order valence-electron chi connectivity index (χ0n) is 13.1. The number of aliphatic hydroxyl groups excluding tert-OH is 1. The van der Waals surface area contributed by atoms with E-state index in [1.54, 1.807) is 18.3 Å². The number of H-pyrrole nitrogens is 1. The molecule has 25 heavy (non-hydrogen) atoms. The van der Waals surface area contributed by atoms with Gasteiger partial charge in [0, 0.05) is 17.5 Å². The maximum absolute atomic E-state index is 14.2. The first-order valence-electron chi connectivity index (χ1n) is 7.90. The number of amides is 1. The van der Waals surface area contributed by atoms with Crippen molar-refractivity contribution in [3.05, 3.63) is 65.4 Å². The fourth-order valence-electron chi connectivity index (χ4n) is 3.40. The highest BCUT2D eigenvalue weighted by Crippen LogP contribution is 2.35. The smallest absolute Gasteiger partial charge is 0.256 e. The molecule has 1 aliphatic heterocycles. The third-order valence-electron chi connectivity index (χ3n) is 4.56. The second kappa shape index (κ2) is 5.93. The molecule has 5 nitrogen and oxygen atoms in total. The first-order valence-corrected chi connectivity index (χ1v) is 7.90. The molecule has 1 amide bonds. The summed E-state index contributed by atoms with van der Waals surface area (Å²) in [4.78, 5) is 14.4. The van der Waals surface area contributed by atoms with Crippen molar-refractivity contribution in [3.63, 3.8) is 0 Å². The molecule has 128 valence electrons. The third kappa shape index (κ3) is 2.66. The summed E-state index contributed by atoms with van der Waals surface area (Å²) in [6.07, 6.45) is 0.970. The number of para-hydroxylation sites is 1. The number of rotatable bonds is 2. The molecule has 2 atom stereocenters. The number of likely N-dealkylation sites (tertiary alicyclic amines) is 1. The predicted molar refractivity (Wildman–Crippen MR) is 86.9 cm³/mol. The second-order valence-corrected chi connectivity index (χ2v) is 6.17. The molecule has 0 aliphatic carbocycles. The Morgan fingerprint density at radius 3 is 2.96 bits per heavy atom. The summed E-state index contributed by atoms with van der Waals surface area (Å²) in [6.45, 7) is 0.0595. The lowest BCUT2D eigenvalue weighted by Crippen LogP contribution is -2.32. The van der Waals surface area contributed by atoms with E-state index in [0.29, 0.717) is 11.1 Å². The van der Waals surface area contributed by atoms with Crippen molar-refractivity contribution in [1.82, 2.24) is 15.1 Å². The Morgan fingerprint density at radius 1 is 1.28 bits per heavy atom. The number of nitrogens with one attached hydrogen (secondary N) is 1. The SMILES string of the molecule is O=C(c1cccc2cn[nH]c12)N1C[C@H](O)C[C@@H]1c1cc(F)ccc1F. The molecular formula is C18H15F2N3O2. The number of benzene rings is 2. The molecule has 0 unspecified atom stereocenters.